The highest BCUT2D eigenvalue weighted by atomic mass is 19.1. The van der Waals surface area contributed by atoms with Crippen LogP contribution in [-0.2, 0) is 0 Å². The predicted octanol–water partition coefficient (Wildman–Crippen LogP) is 2.51. The molecular formula is C16H12FN5O. The number of aromatic nitrogens is 3. The normalized spacial score (nSPS) is 10.3. The van der Waals surface area contributed by atoms with Crippen molar-refractivity contribution in [3.8, 4) is 11.4 Å². The molecule has 0 atom stereocenters. The van der Waals surface area contributed by atoms with Gasteiger partial charge in [-0.1, -0.05) is 12.1 Å². The van der Waals surface area contributed by atoms with Gasteiger partial charge in [0.15, 0.2) is 5.82 Å². The molecule has 3 rings (SSSR count). The molecule has 2 aromatic heterocycles. The minimum absolute atomic E-state index is 0.0145. The molecule has 1 aromatic carbocycles. The zero-order chi connectivity index (χ0) is 16.2. The Morgan fingerprint density at radius 3 is 2.57 bits per heavy atom. The molecule has 0 aliphatic heterocycles. The number of hydrogen-bond donors (Lipinski definition) is 2. The Morgan fingerprint density at radius 1 is 1.13 bits per heavy atom. The number of amides is 1. The number of anilines is 2. The first-order chi connectivity index (χ1) is 11.1. The summed E-state index contributed by atoms with van der Waals surface area (Å²) in [4.78, 5) is 24.3. The Balaban J connectivity index is 1.86. The van der Waals surface area contributed by atoms with Crippen LogP contribution in [0, 0.1) is 5.82 Å². The molecule has 3 aromatic rings. The molecule has 0 aliphatic rings. The highest BCUT2D eigenvalue weighted by Gasteiger charge is 2.15. The van der Waals surface area contributed by atoms with Gasteiger partial charge in [-0.05, 0) is 24.3 Å². The van der Waals surface area contributed by atoms with Crippen molar-refractivity contribution < 1.29 is 9.18 Å². The van der Waals surface area contributed by atoms with Crippen molar-refractivity contribution >= 4 is 17.4 Å². The summed E-state index contributed by atoms with van der Waals surface area (Å²) in [5.41, 5.74) is 6.70. The summed E-state index contributed by atoms with van der Waals surface area (Å²) in [5, 5.41) is 2.44. The highest BCUT2D eigenvalue weighted by Crippen LogP contribution is 2.19. The van der Waals surface area contributed by atoms with Gasteiger partial charge in [-0.25, -0.2) is 14.4 Å². The molecule has 2 heterocycles. The highest BCUT2D eigenvalue weighted by molar-refractivity contribution is 6.07. The molecule has 1 amide bonds. The summed E-state index contributed by atoms with van der Waals surface area (Å²) in [7, 11) is 0. The Morgan fingerprint density at radius 2 is 1.87 bits per heavy atom. The van der Waals surface area contributed by atoms with Crippen LogP contribution in [0.3, 0.4) is 0 Å². The van der Waals surface area contributed by atoms with E-state index < -0.39 is 11.7 Å². The van der Waals surface area contributed by atoms with Crippen LogP contribution in [0.4, 0.5) is 15.9 Å². The van der Waals surface area contributed by atoms with Crippen molar-refractivity contribution in [2.24, 2.45) is 0 Å². The van der Waals surface area contributed by atoms with E-state index in [0.29, 0.717) is 5.82 Å². The molecule has 0 radical (unpaired) electrons. The summed E-state index contributed by atoms with van der Waals surface area (Å²) >= 11 is 0. The van der Waals surface area contributed by atoms with Gasteiger partial charge in [0.05, 0.1) is 5.69 Å². The van der Waals surface area contributed by atoms with E-state index in [4.69, 9.17) is 5.73 Å². The van der Waals surface area contributed by atoms with Crippen molar-refractivity contribution in [1.82, 2.24) is 15.0 Å². The van der Waals surface area contributed by atoms with E-state index in [-0.39, 0.29) is 17.1 Å². The van der Waals surface area contributed by atoms with E-state index in [0.717, 1.165) is 5.56 Å². The Hall–Kier alpha value is -3.35. The molecule has 114 valence electrons. The van der Waals surface area contributed by atoms with Crippen LogP contribution >= 0.6 is 0 Å². The zero-order valence-electron chi connectivity index (χ0n) is 11.9. The molecule has 6 nitrogen and oxygen atoms in total. The van der Waals surface area contributed by atoms with Gasteiger partial charge in [-0.2, -0.15) is 0 Å². The van der Waals surface area contributed by atoms with Crippen molar-refractivity contribution in [2.45, 2.75) is 0 Å². The van der Waals surface area contributed by atoms with Crippen LogP contribution in [0.25, 0.3) is 11.4 Å². The van der Waals surface area contributed by atoms with Crippen LogP contribution in [0.15, 0.2) is 55.0 Å². The van der Waals surface area contributed by atoms with E-state index in [1.807, 2.05) is 0 Å². The number of pyridine rings is 1. The number of benzene rings is 1. The first-order valence-electron chi connectivity index (χ1n) is 6.74. The number of carbonyl (C=O) groups is 1. The fraction of sp³-hybridized carbons (Fsp3) is 0. The molecule has 0 aliphatic carbocycles. The molecule has 0 spiro atoms. The number of halogens is 1. The van der Waals surface area contributed by atoms with Crippen LogP contribution in [0.5, 0.6) is 0 Å². The second kappa shape index (κ2) is 6.18. The van der Waals surface area contributed by atoms with Gasteiger partial charge in [0, 0.05) is 24.2 Å². The molecular weight excluding hydrogens is 297 g/mol. The maximum absolute atomic E-state index is 13.6. The monoisotopic (exact) mass is 309 g/mol. The first-order valence-corrected chi connectivity index (χ1v) is 6.74. The summed E-state index contributed by atoms with van der Waals surface area (Å²) in [6.45, 7) is 0. The van der Waals surface area contributed by atoms with Crippen LogP contribution in [-0.4, -0.2) is 20.9 Å². The van der Waals surface area contributed by atoms with E-state index in [1.165, 1.54) is 24.4 Å². The van der Waals surface area contributed by atoms with Crippen molar-refractivity contribution in [3.05, 3.63) is 66.4 Å². The number of rotatable bonds is 3. The van der Waals surface area contributed by atoms with Gasteiger partial charge in [-0.3, -0.25) is 9.78 Å². The minimum atomic E-state index is -0.575. The second-order valence-corrected chi connectivity index (χ2v) is 4.66. The molecule has 7 heteroatoms. The fourth-order valence-electron chi connectivity index (χ4n) is 1.96. The number of nitrogens with zero attached hydrogens (tertiary/aromatic N) is 3. The average molecular weight is 309 g/mol. The molecule has 0 saturated heterocycles. The summed E-state index contributed by atoms with van der Waals surface area (Å²) in [5.74, 6) is -0.712. The first kappa shape index (κ1) is 14.6. The van der Waals surface area contributed by atoms with E-state index in [1.54, 1.807) is 30.6 Å². The number of carbonyl (C=O) groups excluding carboxylic acids is 1. The lowest BCUT2D eigenvalue weighted by molar-refractivity contribution is 0.102. The molecule has 0 unspecified atom stereocenters. The average Bonchev–Trinajstić information content (AvgIpc) is 2.57. The van der Waals surface area contributed by atoms with Gasteiger partial charge < -0.3 is 11.1 Å². The lowest BCUT2D eigenvalue weighted by atomic mass is 10.2. The number of nitrogens with one attached hydrogen (secondary N) is 1. The quantitative estimate of drug-likeness (QED) is 0.775. The third-order valence-corrected chi connectivity index (χ3v) is 3.12. The topological polar surface area (TPSA) is 93.8 Å². The molecule has 0 fully saturated rings. The zero-order valence-corrected chi connectivity index (χ0v) is 11.9. The van der Waals surface area contributed by atoms with Gasteiger partial charge in [0.25, 0.3) is 5.91 Å². The molecule has 23 heavy (non-hydrogen) atoms. The van der Waals surface area contributed by atoms with Crippen molar-refractivity contribution in [2.75, 3.05) is 11.1 Å². The van der Waals surface area contributed by atoms with Crippen molar-refractivity contribution in [1.29, 1.82) is 0 Å². The largest absolute Gasteiger partial charge is 0.383 e. The Bertz CT molecular complexity index is 854. The fourth-order valence-corrected chi connectivity index (χ4v) is 1.96. The third-order valence-electron chi connectivity index (χ3n) is 3.12. The van der Waals surface area contributed by atoms with E-state index >= 15 is 0 Å². The van der Waals surface area contributed by atoms with Gasteiger partial charge in [0.2, 0.25) is 0 Å². The summed E-state index contributed by atoms with van der Waals surface area (Å²) < 4.78 is 13.6. The van der Waals surface area contributed by atoms with Gasteiger partial charge >= 0.3 is 0 Å². The maximum atomic E-state index is 13.6. The summed E-state index contributed by atoms with van der Waals surface area (Å²) in [6.07, 6.45) is 4.52. The molecule has 3 N–H and O–H groups in total. The van der Waals surface area contributed by atoms with E-state index in [2.05, 4.69) is 20.3 Å². The lowest BCUT2D eigenvalue weighted by Crippen LogP contribution is -2.16. The predicted molar refractivity (Wildman–Crippen MR) is 84.0 cm³/mol. The van der Waals surface area contributed by atoms with E-state index in [9.17, 15) is 9.18 Å². The lowest BCUT2D eigenvalue weighted by Gasteiger charge is -2.08. The number of hydrogen-bond acceptors (Lipinski definition) is 5. The second-order valence-electron chi connectivity index (χ2n) is 4.66. The van der Waals surface area contributed by atoms with Gasteiger partial charge in [0.1, 0.15) is 17.2 Å². The van der Waals surface area contributed by atoms with Crippen molar-refractivity contribution in [3.63, 3.8) is 0 Å². The Labute approximate surface area is 131 Å². The number of para-hydroxylation sites is 1. The third kappa shape index (κ3) is 3.13. The minimum Gasteiger partial charge on any atom is -0.383 e. The van der Waals surface area contributed by atoms with Crippen LogP contribution in [0.2, 0.25) is 0 Å². The number of nitrogens with two attached hydrogens (primary N) is 1. The number of nitrogen functional groups attached to an aromatic ring is 1. The Kier molecular flexibility index (Phi) is 3.92. The smallest absolute Gasteiger partial charge is 0.261 e. The van der Waals surface area contributed by atoms with Crippen LogP contribution in [0.1, 0.15) is 10.4 Å². The SMILES string of the molecule is Nc1nc(-c2ccncc2)ncc1C(=O)Nc1ccccc1F. The van der Waals surface area contributed by atoms with Crippen LogP contribution < -0.4 is 11.1 Å². The molecule has 0 saturated carbocycles. The molecule has 0 bridgehead atoms. The standard InChI is InChI=1S/C16H12FN5O/c17-12-3-1-2-4-13(12)21-16(23)11-9-20-15(22-14(11)18)10-5-7-19-8-6-10/h1-9H,(H,21,23)(H2,18,20,22). The van der Waals surface area contributed by atoms with Gasteiger partial charge in [-0.15, -0.1) is 0 Å². The maximum Gasteiger partial charge on any atom is 0.261 e. The summed E-state index contributed by atoms with van der Waals surface area (Å²) in [6, 6.07) is 9.32.